The SMILES string of the molecule is COc1ccc(NCC(=O)N/N=C(/C)C(C)C)cc1. The van der Waals surface area contributed by atoms with Crippen LogP contribution in [0.2, 0.25) is 0 Å². The molecule has 1 amide bonds. The number of amides is 1. The van der Waals surface area contributed by atoms with Crippen LogP contribution >= 0.6 is 0 Å². The Morgan fingerprint density at radius 2 is 1.95 bits per heavy atom. The highest BCUT2D eigenvalue weighted by molar-refractivity contribution is 5.86. The number of nitrogens with one attached hydrogen (secondary N) is 2. The quantitative estimate of drug-likeness (QED) is 0.611. The summed E-state index contributed by atoms with van der Waals surface area (Å²) in [5.74, 6) is 0.942. The molecule has 1 aromatic rings. The zero-order valence-corrected chi connectivity index (χ0v) is 11.9. The third-order valence-corrected chi connectivity index (χ3v) is 2.74. The van der Waals surface area contributed by atoms with Gasteiger partial charge in [-0.1, -0.05) is 13.8 Å². The monoisotopic (exact) mass is 263 g/mol. The first-order chi connectivity index (χ1) is 9.02. The molecule has 104 valence electrons. The standard InChI is InChI=1S/C14H21N3O2/c1-10(2)11(3)16-17-14(18)9-15-12-5-7-13(19-4)8-6-12/h5-8,10,15H,9H2,1-4H3,(H,17,18)/b16-11-. The van der Waals surface area contributed by atoms with Crippen LogP contribution in [0.4, 0.5) is 5.69 Å². The number of hydrazone groups is 1. The summed E-state index contributed by atoms with van der Waals surface area (Å²) in [5.41, 5.74) is 4.28. The Balaban J connectivity index is 2.39. The van der Waals surface area contributed by atoms with Gasteiger partial charge in [0.25, 0.3) is 5.91 Å². The molecule has 0 saturated heterocycles. The number of hydrogen-bond acceptors (Lipinski definition) is 4. The average Bonchev–Trinajstić information content (AvgIpc) is 2.42. The molecule has 5 heteroatoms. The Kier molecular flexibility index (Phi) is 5.85. The highest BCUT2D eigenvalue weighted by atomic mass is 16.5. The van der Waals surface area contributed by atoms with Crippen molar-refractivity contribution in [2.24, 2.45) is 11.0 Å². The maximum atomic E-state index is 11.6. The molecule has 0 aliphatic heterocycles. The normalized spacial score (nSPS) is 11.3. The lowest BCUT2D eigenvalue weighted by atomic mass is 10.1. The first kappa shape index (κ1) is 15.0. The largest absolute Gasteiger partial charge is 0.497 e. The van der Waals surface area contributed by atoms with Crippen LogP contribution in [0.1, 0.15) is 20.8 Å². The molecule has 1 rings (SSSR count). The first-order valence-corrected chi connectivity index (χ1v) is 6.24. The molecule has 0 unspecified atom stereocenters. The van der Waals surface area contributed by atoms with Crippen molar-refractivity contribution in [3.63, 3.8) is 0 Å². The van der Waals surface area contributed by atoms with Gasteiger partial charge in [-0.15, -0.1) is 0 Å². The average molecular weight is 263 g/mol. The van der Waals surface area contributed by atoms with Gasteiger partial charge in [-0.25, -0.2) is 5.43 Å². The summed E-state index contributed by atoms with van der Waals surface area (Å²) in [5, 5.41) is 7.03. The molecular formula is C14H21N3O2. The molecule has 1 aromatic carbocycles. The molecule has 0 aromatic heterocycles. The minimum atomic E-state index is -0.171. The van der Waals surface area contributed by atoms with Gasteiger partial charge in [0.05, 0.1) is 13.7 Å². The van der Waals surface area contributed by atoms with E-state index in [1.165, 1.54) is 0 Å². The van der Waals surface area contributed by atoms with Crippen molar-refractivity contribution < 1.29 is 9.53 Å². The van der Waals surface area contributed by atoms with E-state index in [-0.39, 0.29) is 12.5 Å². The summed E-state index contributed by atoms with van der Waals surface area (Å²) in [6, 6.07) is 7.38. The fraction of sp³-hybridized carbons (Fsp3) is 0.429. The number of nitrogens with zero attached hydrogens (tertiary/aromatic N) is 1. The van der Waals surface area contributed by atoms with Crippen LogP contribution in [0.25, 0.3) is 0 Å². The molecule has 0 atom stereocenters. The summed E-state index contributed by atoms with van der Waals surface area (Å²) >= 11 is 0. The second-order valence-electron chi connectivity index (χ2n) is 4.52. The lowest BCUT2D eigenvalue weighted by Gasteiger charge is -2.07. The molecule has 0 radical (unpaired) electrons. The molecule has 0 heterocycles. The molecule has 0 aliphatic carbocycles. The van der Waals surface area contributed by atoms with Crippen molar-refractivity contribution in [2.75, 3.05) is 19.0 Å². The lowest BCUT2D eigenvalue weighted by Crippen LogP contribution is -2.27. The van der Waals surface area contributed by atoms with Crippen molar-refractivity contribution in [2.45, 2.75) is 20.8 Å². The van der Waals surface area contributed by atoms with Crippen molar-refractivity contribution in [1.29, 1.82) is 0 Å². The predicted octanol–water partition coefficient (Wildman–Crippen LogP) is 2.26. The molecule has 19 heavy (non-hydrogen) atoms. The van der Waals surface area contributed by atoms with E-state index in [9.17, 15) is 4.79 Å². The topological polar surface area (TPSA) is 62.7 Å². The second-order valence-corrected chi connectivity index (χ2v) is 4.52. The third-order valence-electron chi connectivity index (χ3n) is 2.74. The number of methoxy groups -OCH3 is 1. The van der Waals surface area contributed by atoms with Crippen molar-refractivity contribution >= 4 is 17.3 Å². The van der Waals surface area contributed by atoms with Gasteiger partial charge in [0.1, 0.15) is 5.75 Å². The zero-order valence-electron chi connectivity index (χ0n) is 11.9. The fourth-order valence-electron chi connectivity index (χ4n) is 1.21. The minimum Gasteiger partial charge on any atom is -0.497 e. The first-order valence-electron chi connectivity index (χ1n) is 6.24. The van der Waals surface area contributed by atoms with E-state index in [0.717, 1.165) is 17.1 Å². The van der Waals surface area contributed by atoms with E-state index in [4.69, 9.17) is 4.74 Å². The third kappa shape index (κ3) is 5.42. The molecule has 0 aliphatic rings. The van der Waals surface area contributed by atoms with Gasteiger partial charge in [0.15, 0.2) is 0 Å². The number of rotatable bonds is 6. The molecule has 5 nitrogen and oxygen atoms in total. The smallest absolute Gasteiger partial charge is 0.259 e. The highest BCUT2D eigenvalue weighted by Gasteiger charge is 2.02. The Labute approximate surface area is 114 Å². The molecule has 0 spiro atoms. The molecule has 2 N–H and O–H groups in total. The van der Waals surface area contributed by atoms with E-state index >= 15 is 0 Å². The van der Waals surface area contributed by atoms with Gasteiger partial charge in [-0.2, -0.15) is 5.10 Å². The van der Waals surface area contributed by atoms with E-state index < -0.39 is 0 Å². The summed E-state index contributed by atoms with van der Waals surface area (Å²) in [7, 11) is 1.62. The number of hydrogen-bond donors (Lipinski definition) is 2. The summed E-state index contributed by atoms with van der Waals surface area (Å²) in [6.45, 7) is 6.13. The van der Waals surface area contributed by atoms with Gasteiger partial charge in [0, 0.05) is 11.4 Å². The fourth-order valence-corrected chi connectivity index (χ4v) is 1.21. The summed E-state index contributed by atoms with van der Waals surface area (Å²) in [4.78, 5) is 11.6. The van der Waals surface area contributed by atoms with Crippen LogP contribution in [0.5, 0.6) is 5.75 Å². The predicted molar refractivity (Wildman–Crippen MR) is 77.6 cm³/mol. The Bertz CT molecular complexity index is 439. The number of carbonyl (C=O) groups excluding carboxylic acids is 1. The summed E-state index contributed by atoms with van der Waals surface area (Å²) < 4.78 is 5.06. The van der Waals surface area contributed by atoms with E-state index in [0.29, 0.717) is 5.92 Å². The number of anilines is 1. The van der Waals surface area contributed by atoms with Gasteiger partial charge in [0.2, 0.25) is 0 Å². The van der Waals surface area contributed by atoms with Crippen LogP contribution < -0.4 is 15.5 Å². The van der Waals surface area contributed by atoms with Crippen molar-refractivity contribution in [3.8, 4) is 5.75 Å². The second kappa shape index (κ2) is 7.41. The lowest BCUT2D eigenvalue weighted by molar-refractivity contribution is -0.119. The van der Waals surface area contributed by atoms with Crippen LogP contribution in [0.3, 0.4) is 0 Å². The Morgan fingerprint density at radius 1 is 1.32 bits per heavy atom. The zero-order chi connectivity index (χ0) is 14.3. The Morgan fingerprint density at radius 3 is 2.47 bits per heavy atom. The van der Waals surface area contributed by atoms with Crippen LogP contribution in [0, 0.1) is 5.92 Å². The van der Waals surface area contributed by atoms with E-state index in [2.05, 4.69) is 15.8 Å². The highest BCUT2D eigenvalue weighted by Crippen LogP contribution is 2.14. The van der Waals surface area contributed by atoms with Gasteiger partial charge < -0.3 is 10.1 Å². The number of ether oxygens (including phenoxy) is 1. The van der Waals surface area contributed by atoms with Gasteiger partial charge in [-0.05, 0) is 37.1 Å². The molecule has 0 fully saturated rings. The van der Waals surface area contributed by atoms with Crippen LogP contribution in [0.15, 0.2) is 29.4 Å². The van der Waals surface area contributed by atoms with E-state index in [1.54, 1.807) is 7.11 Å². The number of benzene rings is 1. The van der Waals surface area contributed by atoms with Crippen LogP contribution in [-0.4, -0.2) is 25.3 Å². The molecular weight excluding hydrogens is 242 g/mol. The maximum Gasteiger partial charge on any atom is 0.259 e. The Hall–Kier alpha value is -2.04. The van der Waals surface area contributed by atoms with Crippen molar-refractivity contribution in [3.05, 3.63) is 24.3 Å². The number of carbonyl (C=O) groups is 1. The van der Waals surface area contributed by atoms with E-state index in [1.807, 2.05) is 45.0 Å². The molecule has 0 bridgehead atoms. The molecule has 0 saturated carbocycles. The summed E-state index contributed by atoms with van der Waals surface area (Å²) in [6.07, 6.45) is 0. The van der Waals surface area contributed by atoms with Crippen LogP contribution in [-0.2, 0) is 4.79 Å². The van der Waals surface area contributed by atoms with Gasteiger partial charge >= 0.3 is 0 Å². The van der Waals surface area contributed by atoms with Gasteiger partial charge in [-0.3, -0.25) is 4.79 Å². The maximum absolute atomic E-state index is 11.6. The minimum absolute atomic E-state index is 0.171. The van der Waals surface area contributed by atoms with Crippen molar-refractivity contribution in [1.82, 2.24) is 5.43 Å².